The van der Waals surface area contributed by atoms with Gasteiger partial charge in [-0.05, 0) is 25.8 Å². The monoisotopic (exact) mass is 253 g/mol. The van der Waals surface area contributed by atoms with Crippen LogP contribution in [-0.2, 0) is 17.7 Å². The number of rotatable bonds is 9. The zero-order valence-electron chi connectivity index (χ0n) is 12.1. The van der Waals surface area contributed by atoms with Crippen LogP contribution in [0.2, 0.25) is 0 Å². The summed E-state index contributed by atoms with van der Waals surface area (Å²) in [6, 6.07) is 0.466. The molecular weight excluding hydrogens is 226 g/mol. The Labute approximate surface area is 111 Å². The Balaban J connectivity index is 2.53. The Bertz CT molecular complexity index is 325. The van der Waals surface area contributed by atoms with Crippen molar-refractivity contribution in [3.05, 3.63) is 18.2 Å². The molecule has 4 heteroatoms. The van der Waals surface area contributed by atoms with E-state index in [0.29, 0.717) is 12.0 Å². The van der Waals surface area contributed by atoms with E-state index < -0.39 is 0 Å². The summed E-state index contributed by atoms with van der Waals surface area (Å²) in [4.78, 5) is 4.47. The van der Waals surface area contributed by atoms with Crippen molar-refractivity contribution in [3.63, 3.8) is 0 Å². The average molecular weight is 253 g/mol. The van der Waals surface area contributed by atoms with Gasteiger partial charge >= 0.3 is 0 Å². The van der Waals surface area contributed by atoms with Gasteiger partial charge in [0.1, 0.15) is 5.82 Å². The van der Waals surface area contributed by atoms with Crippen molar-refractivity contribution < 1.29 is 4.74 Å². The van der Waals surface area contributed by atoms with Crippen LogP contribution in [0, 0.1) is 5.92 Å². The van der Waals surface area contributed by atoms with E-state index >= 15 is 0 Å². The molecule has 0 amide bonds. The van der Waals surface area contributed by atoms with E-state index in [1.54, 1.807) is 7.11 Å². The van der Waals surface area contributed by atoms with Gasteiger partial charge in [0.05, 0.1) is 0 Å². The van der Waals surface area contributed by atoms with Crippen molar-refractivity contribution in [2.24, 2.45) is 5.92 Å². The topological polar surface area (TPSA) is 39.1 Å². The smallest absolute Gasteiger partial charge is 0.110 e. The first-order chi connectivity index (χ1) is 8.71. The number of hydrogen-bond acceptors (Lipinski definition) is 3. The van der Waals surface area contributed by atoms with E-state index in [2.05, 4.69) is 34.9 Å². The fraction of sp³-hybridized carbons (Fsp3) is 0.786. The minimum atomic E-state index is 0.466. The normalized spacial score (nSPS) is 14.7. The lowest BCUT2D eigenvalue weighted by Gasteiger charge is -2.20. The van der Waals surface area contributed by atoms with Gasteiger partial charge in [-0.15, -0.1) is 0 Å². The first-order valence-electron chi connectivity index (χ1n) is 6.87. The van der Waals surface area contributed by atoms with Crippen molar-refractivity contribution in [1.29, 1.82) is 0 Å². The summed E-state index contributed by atoms with van der Waals surface area (Å²) in [5, 5.41) is 3.39. The number of methoxy groups -OCH3 is 1. The summed E-state index contributed by atoms with van der Waals surface area (Å²) in [6.07, 6.45) is 7.22. The lowest BCUT2D eigenvalue weighted by molar-refractivity contribution is 0.149. The summed E-state index contributed by atoms with van der Waals surface area (Å²) in [5.74, 6) is 1.75. The highest BCUT2D eigenvalue weighted by Gasteiger charge is 2.14. The van der Waals surface area contributed by atoms with E-state index in [-0.39, 0.29) is 0 Å². The van der Waals surface area contributed by atoms with Crippen LogP contribution >= 0.6 is 0 Å². The Morgan fingerprint density at radius 3 is 2.89 bits per heavy atom. The maximum atomic E-state index is 5.20. The molecule has 0 aliphatic carbocycles. The molecule has 0 aromatic carbocycles. The molecule has 0 aliphatic heterocycles. The van der Waals surface area contributed by atoms with E-state index in [9.17, 15) is 0 Å². The molecule has 4 nitrogen and oxygen atoms in total. The van der Waals surface area contributed by atoms with Crippen LogP contribution in [0.3, 0.4) is 0 Å². The van der Waals surface area contributed by atoms with Gasteiger partial charge in [-0.25, -0.2) is 4.98 Å². The van der Waals surface area contributed by atoms with Gasteiger partial charge in [-0.1, -0.05) is 13.8 Å². The largest absolute Gasteiger partial charge is 0.384 e. The van der Waals surface area contributed by atoms with Gasteiger partial charge in [0, 0.05) is 45.1 Å². The van der Waals surface area contributed by atoms with Gasteiger partial charge in [-0.3, -0.25) is 0 Å². The van der Waals surface area contributed by atoms with Crippen LogP contribution in [0.4, 0.5) is 0 Å². The molecule has 0 saturated carbocycles. The number of nitrogens with zero attached hydrogens (tertiary/aromatic N) is 2. The summed E-state index contributed by atoms with van der Waals surface area (Å²) in [6.45, 7) is 6.30. The summed E-state index contributed by atoms with van der Waals surface area (Å²) in [7, 11) is 3.79. The molecule has 0 bridgehead atoms. The minimum absolute atomic E-state index is 0.466. The van der Waals surface area contributed by atoms with E-state index in [1.807, 2.05) is 13.2 Å². The summed E-state index contributed by atoms with van der Waals surface area (Å²) in [5.41, 5.74) is 0. The highest BCUT2D eigenvalue weighted by molar-refractivity contribution is 4.95. The van der Waals surface area contributed by atoms with Crippen molar-refractivity contribution >= 4 is 0 Å². The lowest BCUT2D eigenvalue weighted by atomic mass is 10.00. The SMILES string of the molecule is CCCn1ccnc1CC(CC(C)COC)NC. The number of nitrogens with one attached hydrogen (secondary N) is 1. The molecule has 0 fully saturated rings. The van der Waals surface area contributed by atoms with Crippen LogP contribution < -0.4 is 5.32 Å². The molecule has 1 rings (SSSR count). The Kier molecular flexibility index (Phi) is 6.98. The van der Waals surface area contributed by atoms with Gasteiger partial charge in [0.15, 0.2) is 0 Å². The molecule has 2 atom stereocenters. The van der Waals surface area contributed by atoms with Gasteiger partial charge < -0.3 is 14.6 Å². The first-order valence-corrected chi connectivity index (χ1v) is 6.87. The Morgan fingerprint density at radius 2 is 2.28 bits per heavy atom. The second-order valence-electron chi connectivity index (χ2n) is 5.02. The molecule has 104 valence electrons. The maximum absolute atomic E-state index is 5.20. The number of aromatic nitrogens is 2. The average Bonchev–Trinajstić information content (AvgIpc) is 2.76. The third kappa shape index (κ3) is 4.78. The molecular formula is C14H27N3O. The molecule has 1 N–H and O–H groups in total. The number of imidazole rings is 1. The third-order valence-electron chi connectivity index (χ3n) is 3.24. The second-order valence-corrected chi connectivity index (χ2v) is 5.02. The molecule has 1 aromatic rings. The molecule has 1 aromatic heterocycles. The quantitative estimate of drug-likeness (QED) is 0.732. The predicted molar refractivity (Wildman–Crippen MR) is 74.7 cm³/mol. The zero-order chi connectivity index (χ0) is 13.4. The highest BCUT2D eigenvalue weighted by atomic mass is 16.5. The molecule has 0 spiro atoms. The Morgan fingerprint density at radius 1 is 1.50 bits per heavy atom. The van der Waals surface area contributed by atoms with Gasteiger partial charge in [0.2, 0.25) is 0 Å². The van der Waals surface area contributed by atoms with Crippen LogP contribution in [0.15, 0.2) is 12.4 Å². The molecule has 0 aliphatic rings. The standard InChI is InChI=1S/C14H27N3O/c1-5-7-17-8-6-16-14(17)10-13(15-3)9-12(2)11-18-4/h6,8,12-13,15H,5,7,9-11H2,1-4H3. The molecule has 1 heterocycles. The van der Waals surface area contributed by atoms with Crippen LogP contribution in [0.1, 0.15) is 32.5 Å². The molecule has 0 saturated heterocycles. The molecule has 2 unspecified atom stereocenters. The summed E-state index contributed by atoms with van der Waals surface area (Å²) < 4.78 is 7.45. The molecule has 18 heavy (non-hydrogen) atoms. The van der Waals surface area contributed by atoms with E-state index in [4.69, 9.17) is 4.74 Å². The first kappa shape index (κ1) is 15.2. The number of ether oxygens (including phenoxy) is 1. The van der Waals surface area contributed by atoms with Crippen LogP contribution in [0.25, 0.3) is 0 Å². The fourth-order valence-corrected chi connectivity index (χ4v) is 2.34. The van der Waals surface area contributed by atoms with Crippen molar-refractivity contribution in [2.75, 3.05) is 20.8 Å². The van der Waals surface area contributed by atoms with E-state index in [1.165, 1.54) is 5.82 Å². The lowest BCUT2D eigenvalue weighted by Crippen LogP contribution is -2.31. The Hall–Kier alpha value is -0.870. The van der Waals surface area contributed by atoms with Crippen molar-refractivity contribution in [2.45, 2.75) is 45.7 Å². The van der Waals surface area contributed by atoms with Crippen LogP contribution in [0.5, 0.6) is 0 Å². The van der Waals surface area contributed by atoms with E-state index in [0.717, 1.165) is 32.4 Å². The van der Waals surface area contributed by atoms with Crippen molar-refractivity contribution in [3.8, 4) is 0 Å². The third-order valence-corrected chi connectivity index (χ3v) is 3.24. The number of hydrogen-bond donors (Lipinski definition) is 1. The number of likely N-dealkylation sites (N-methyl/N-ethyl adjacent to an activating group) is 1. The van der Waals surface area contributed by atoms with Gasteiger partial charge in [0.25, 0.3) is 0 Å². The predicted octanol–water partition coefficient (Wildman–Crippen LogP) is 2.10. The second kappa shape index (κ2) is 8.27. The summed E-state index contributed by atoms with van der Waals surface area (Å²) >= 11 is 0. The zero-order valence-corrected chi connectivity index (χ0v) is 12.1. The van der Waals surface area contributed by atoms with Gasteiger partial charge in [-0.2, -0.15) is 0 Å². The highest BCUT2D eigenvalue weighted by Crippen LogP contribution is 2.11. The number of aryl methyl sites for hydroxylation is 1. The van der Waals surface area contributed by atoms with Crippen molar-refractivity contribution in [1.82, 2.24) is 14.9 Å². The minimum Gasteiger partial charge on any atom is -0.384 e. The molecule has 0 radical (unpaired) electrons. The fourth-order valence-electron chi connectivity index (χ4n) is 2.34. The maximum Gasteiger partial charge on any atom is 0.110 e. The van der Waals surface area contributed by atoms with Crippen LogP contribution in [-0.4, -0.2) is 36.4 Å².